The van der Waals surface area contributed by atoms with Crippen molar-refractivity contribution in [1.29, 1.82) is 0 Å². The average molecular weight is 325 g/mol. The monoisotopic (exact) mass is 325 g/mol. The second kappa shape index (κ2) is 6.75. The largest absolute Gasteiger partial charge is 0.269 e. The number of nitrogens with one attached hydrogen (secondary N) is 1. The summed E-state index contributed by atoms with van der Waals surface area (Å²) in [7, 11) is 0. The molecule has 1 N–H and O–H groups in total. The fraction of sp³-hybridized carbons (Fsp3) is 0. The van der Waals surface area contributed by atoms with Gasteiger partial charge in [-0.3, -0.25) is 15.5 Å². The van der Waals surface area contributed by atoms with Crippen LogP contribution in [0.3, 0.4) is 0 Å². The summed E-state index contributed by atoms with van der Waals surface area (Å²) in [6.07, 6.45) is 1.56. The van der Waals surface area contributed by atoms with Gasteiger partial charge in [0.2, 0.25) is 5.13 Å². The molecule has 0 spiro atoms. The van der Waals surface area contributed by atoms with Crippen molar-refractivity contribution in [2.45, 2.75) is 0 Å². The minimum atomic E-state index is -0.439. The van der Waals surface area contributed by atoms with Crippen molar-refractivity contribution in [2.24, 2.45) is 5.10 Å². The van der Waals surface area contributed by atoms with Crippen LogP contribution < -0.4 is 5.43 Å². The van der Waals surface area contributed by atoms with Gasteiger partial charge in [0.25, 0.3) is 5.69 Å². The lowest BCUT2D eigenvalue weighted by molar-refractivity contribution is -0.384. The van der Waals surface area contributed by atoms with Crippen LogP contribution in [0, 0.1) is 10.1 Å². The number of hydrogen-bond donors (Lipinski definition) is 1. The molecule has 8 heteroatoms. The van der Waals surface area contributed by atoms with Crippen LogP contribution in [0.1, 0.15) is 5.56 Å². The fourth-order valence-corrected chi connectivity index (χ4v) is 2.51. The van der Waals surface area contributed by atoms with Gasteiger partial charge in [-0.25, -0.2) is 0 Å². The third-order valence-corrected chi connectivity index (χ3v) is 3.80. The molecule has 0 saturated heterocycles. The molecule has 0 saturated carbocycles. The Morgan fingerprint density at radius 2 is 1.83 bits per heavy atom. The van der Waals surface area contributed by atoms with Gasteiger partial charge in [-0.15, -0.1) is 10.2 Å². The molecule has 0 aliphatic rings. The van der Waals surface area contributed by atoms with Gasteiger partial charge in [-0.05, 0) is 17.7 Å². The maximum absolute atomic E-state index is 10.6. The fourth-order valence-electron chi connectivity index (χ4n) is 1.81. The van der Waals surface area contributed by atoms with Crippen molar-refractivity contribution in [3.8, 4) is 10.6 Å². The van der Waals surface area contributed by atoms with Crippen LogP contribution in [0.4, 0.5) is 10.8 Å². The molecule has 2 aromatic carbocycles. The quantitative estimate of drug-likeness (QED) is 0.440. The van der Waals surface area contributed by atoms with Crippen LogP contribution in [-0.2, 0) is 0 Å². The highest BCUT2D eigenvalue weighted by Gasteiger charge is 2.05. The van der Waals surface area contributed by atoms with E-state index in [9.17, 15) is 10.1 Å². The molecule has 1 heterocycles. The lowest BCUT2D eigenvalue weighted by atomic mass is 10.2. The summed E-state index contributed by atoms with van der Waals surface area (Å²) in [6, 6.07) is 15.9. The molecular weight excluding hydrogens is 314 g/mol. The van der Waals surface area contributed by atoms with Crippen molar-refractivity contribution < 1.29 is 4.92 Å². The molecule has 0 unspecified atom stereocenters. The van der Waals surface area contributed by atoms with Crippen LogP contribution in [-0.4, -0.2) is 21.3 Å². The molecule has 0 fully saturated rings. The number of aromatic nitrogens is 2. The van der Waals surface area contributed by atoms with E-state index in [0.29, 0.717) is 5.13 Å². The van der Waals surface area contributed by atoms with Gasteiger partial charge in [0, 0.05) is 17.7 Å². The normalized spacial score (nSPS) is 10.8. The molecule has 0 aliphatic carbocycles. The number of benzene rings is 2. The van der Waals surface area contributed by atoms with E-state index < -0.39 is 4.92 Å². The van der Waals surface area contributed by atoms with Gasteiger partial charge < -0.3 is 0 Å². The van der Waals surface area contributed by atoms with Crippen LogP contribution in [0.15, 0.2) is 59.7 Å². The van der Waals surface area contributed by atoms with E-state index in [1.807, 2.05) is 30.3 Å². The highest BCUT2D eigenvalue weighted by atomic mass is 32.1. The minimum Gasteiger partial charge on any atom is -0.258 e. The molecule has 0 amide bonds. The first-order chi connectivity index (χ1) is 11.2. The minimum absolute atomic E-state index is 0.0479. The van der Waals surface area contributed by atoms with Crippen molar-refractivity contribution in [1.82, 2.24) is 10.2 Å². The van der Waals surface area contributed by atoms with Gasteiger partial charge >= 0.3 is 0 Å². The van der Waals surface area contributed by atoms with E-state index in [4.69, 9.17) is 0 Å². The highest BCUT2D eigenvalue weighted by molar-refractivity contribution is 7.18. The summed E-state index contributed by atoms with van der Waals surface area (Å²) in [6.45, 7) is 0. The van der Waals surface area contributed by atoms with Gasteiger partial charge in [0.15, 0.2) is 0 Å². The zero-order valence-corrected chi connectivity index (χ0v) is 12.6. The molecule has 7 nitrogen and oxygen atoms in total. The first kappa shape index (κ1) is 14.8. The van der Waals surface area contributed by atoms with Crippen LogP contribution >= 0.6 is 11.3 Å². The van der Waals surface area contributed by atoms with Gasteiger partial charge in [-0.1, -0.05) is 41.7 Å². The third-order valence-electron chi connectivity index (χ3n) is 2.92. The van der Waals surface area contributed by atoms with Crippen molar-refractivity contribution >= 4 is 28.4 Å². The van der Waals surface area contributed by atoms with Gasteiger partial charge in [0.05, 0.1) is 11.1 Å². The lowest BCUT2D eigenvalue weighted by Gasteiger charge is -1.94. The number of hydrazone groups is 1. The summed E-state index contributed by atoms with van der Waals surface area (Å²) in [5.41, 5.74) is 4.59. The molecule has 0 bridgehead atoms. The summed E-state index contributed by atoms with van der Waals surface area (Å²) in [5, 5.41) is 24.1. The SMILES string of the molecule is O=[N+]([O-])c1ccc(/C=N/Nc2nnc(-c3ccccc3)s2)cc1. The predicted molar refractivity (Wildman–Crippen MR) is 89.7 cm³/mol. The van der Waals surface area contributed by atoms with E-state index in [-0.39, 0.29) is 5.69 Å². The Labute approximate surface area is 135 Å². The summed E-state index contributed by atoms with van der Waals surface area (Å²) in [4.78, 5) is 10.1. The molecule has 0 atom stereocenters. The smallest absolute Gasteiger partial charge is 0.258 e. The molecule has 3 rings (SSSR count). The lowest BCUT2D eigenvalue weighted by Crippen LogP contribution is -1.91. The number of nitro groups is 1. The molecule has 0 radical (unpaired) electrons. The highest BCUT2D eigenvalue weighted by Crippen LogP contribution is 2.25. The van der Waals surface area contributed by atoms with Crippen molar-refractivity contribution in [2.75, 3.05) is 5.43 Å². The first-order valence-corrected chi connectivity index (χ1v) is 7.46. The summed E-state index contributed by atoms with van der Waals surface area (Å²) >= 11 is 1.39. The Bertz CT molecular complexity index is 831. The first-order valence-electron chi connectivity index (χ1n) is 6.65. The maximum atomic E-state index is 10.6. The van der Waals surface area contributed by atoms with Crippen LogP contribution in [0.2, 0.25) is 0 Å². The van der Waals surface area contributed by atoms with E-state index in [0.717, 1.165) is 16.1 Å². The third kappa shape index (κ3) is 3.74. The molecule has 114 valence electrons. The van der Waals surface area contributed by atoms with Gasteiger partial charge in [-0.2, -0.15) is 5.10 Å². The van der Waals surface area contributed by atoms with Crippen LogP contribution in [0.25, 0.3) is 10.6 Å². The number of anilines is 1. The Morgan fingerprint density at radius 3 is 2.52 bits per heavy atom. The van der Waals surface area contributed by atoms with E-state index in [2.05, 4.69) is 20.7 Å². The number of nitro benzene ring substituents is 1. The molecule has 0 aliphatic heterocycles. The molecule has 23 heavy (non-hydrogen) atoms. The Kier molecular flexibility index (Phi) is 4.34. The van der Waals surface area contributed by atoms with E-state index in [1.54, 1.807) is 18.3 Å². The molecule has 3 aromatic rings. The number of rotatable bonds is 5. The summed E-state index contributed by atoms with van der Waals surface area (Å²) in [5.74, 6) is 0. The maximum Gasteiger partial charge on any atom is 0.269 e. The zero-order chi connectivity index (χ0) is 16.1. The van der Waals surface area contributed by atoms with E-state index >= 15 is 0 Å². The molecule has 1 aromatic heterocycles. The van der Waals surface area contributed by atoms with Crippen molar-refractivity contribution in [3.05, 3.63) is 70.3 Å². The van der Waals surface area contributed by atoms with Gasteiger partial charge in [0.1, 0.15) is 5.01 Å². The Balaban J connectivity index is 1.64. The second-order valence-corrected chi connectivity index (χ2v) is 5.47. The summed E-state index contributed by atoms with van der Waals surface area (Å²) < 4.78 is 0. The standard InChI is InChI=1S/C15H11N5O2S/c21-20(22)13-8-6-11(7-9-13)10-16-18-15-19-17-14(23-15)12-4-2-1-3-5-12/h1-10H,(H,18,19)/b16-10+. The Morgan fingerprint density at radius 1 is 1.09 bits per heavy atom. The molecular formula is C15H11N5O2S. The van der Waals surface area contributed by atoms with E-state index in [1.165, 1.54) is 23.5 Å². The zero-order valence-electron chi connectivity index (χ0n) is 11.8. The Hall–Kier alpha value is -3.13. The predicted octanol–water partition coefficient (Wildman–Crippen LogP) is 3.56. The van der Waals surface area contributed by atoms with Crippen LogP contribution in [0.5, 0.6) is 0 Å². The second-order valence-electron chi connectivity index (χ2n) is 4.50. The average Bonchev–Trinajstić information content (AvgIpc) is 3.05. The van der Waals surface area contributed by atoms with Crippen molar-refractivity contribution in [3.63, 3.8) is 0 Å². The number of non-ortho nitro benzene ring substituents is 1. The topological polar surface area (TPSA) is 93.3 Å². The number of nitrogens with zero attached hydrogens (tertiary/aromatic N) is 4. The number of hydrogen-bond acceptors (Lipinski definition) is 7.